The molecule has 0 saturated carbocycles. The zero-order valence-electron chi connectivity index (χ0n) is 10.6. The highest BCUT2D eigenvalue weighted by molar-refractivity contribution is 9.10. The molecule has 0 aromatic heterocycles. The minimum atomic E-state index is -4.20. The van der Waals surface area contributed by atoms with Gasteiger partial charge in [-0.3, -0.25) is 0 Å². The van der Waals surface area contributed by atoms with Crippen LogP contribution in [-0.4, -0.2) is 37.0 Å². The van der Waals surface area contributed by atoms with Gasteiger partial charge in [-0.15, -0.1) is 0 Å². The van der Waals surface area contributed by atoms with E-state index in [1.807, 2.05) is 0 Å². The molecule has 0 unspecified atom stereocenters. The molecule has 1 rings (SSSR count). The van der Waals surface area contributed by atoms with Gasteiger partial charge in [0.15, 0.2) is 0 Å². The second-order valence-electron chi connectivity index (χ2n) is 4.64. The van der Waals surface area contributed by atoms with Gasteiger partial charge < -0.3 is 5.11 Å². The first-order valence-corrected chi connectivity index (χ1v) is 7.52. The van der Waals surface area contributed by atoms with Crippen molar-refractivity contribution in [2.45, 2.75) is 24.3 Å². The average molecular weight is 358 g/mol. The van der Waals surface area contributed by atoms with E-state index in [4.69, 9.17) is 0 Å². The van der Waals surface area contributed by atoms with Crippen LogP contribution >= 0.6 is 15.9 Å². The molecule has 4 nitrogen and oxygen atoms in total. The molecule has 19 heavy (non-hydrogen) atoms. The summed E-state index contributed by atoms with van der Waals surface area (Å²) in [5.74, 6) is -2.07. The molecule has 1 aromatic carbocycles. The third-order valence-electron chi connectivity index (χ3n) is 2.82. The van der Waals surface area contributed by atoms with Crippen LogP contribution in [0.1, 0.15) is 13.8 Å². The van der Waals surface area contributed by atoms with Crippen molar-refractivity contribution >= 4 is 26.0 Å². The number of sulfonamides is 1. The number of aliphatic hydroxyl groups is 1. The molecule has 0 amide bonds. The Kier molecular flexibility index (Phi) is 4.71. The predicted molar refractivity (Wildman–Crippen MR) is 70.2 cm³/mol. The summed E-state index contributed by atoms with van der Waals surface area (Å²) in [6.45, 7) is 2.53. The molecule has 0 aliphatic heterocycles. The molecule has 8 heteroatoms. The van der Waals surface area contributed by atoms with Gasteiger partial charge in [0.2, 0.25) is 10.0 Å². The van der Waals surface area contributed by atoms with Gasteiger partial charge in [0, 0.05) is 17.6 Å². The second-order valence-corrected chi connectivity index (χ2v) is 7.40. The van der Waals surface area contributed by atoms with Crippen LogP contribution in [0.4, 0.5) is 8.78 Å². The fraction of sp³-hybridized carbons (Fsp3) is 0.455. The van der Waals surface area contributed by atoms with Gasteiger partial charge in [0.1, 0.15) is 16.5 Å². The summed E-state index contributed by atoms with van der Waals surface area (Å²) in [6.07, 6.45) is 0. The van der Waals surface area contributed by atoms with Crippen LogP contribution < -0.4 is 0 Å². The fourth-order valence-electron chi connectivity index (χ4n) is 1.34. The highest BCUT2D eigenvalue weighted by Gasteiger charge is 2.36. The van der Waals surface area contributed by atoms with E-state index in [-0.39, 0.29) is 4.47 Å². The lowest BCUT2D eigenvalue weighted by Gasteiger charge is -2.33. The molecule has 0 aliphatic rings. The van der Waals surface area contributed by atoms with Crippen molar-refractivity contribution in [2.75, 3.05) is 13.7 Å². The monoisotopic (exact) mass is 357 g/mol. The molecule has 0 heterocycles. The largest absolute Gasteiger partial charge is 0.394 e. The standard InChI is InChI=1S/C11H14BrF2NO3S/c1-11(2,6-16)15(3)19(17,18)10-8(12)4-7(13)5-9(10)14/h4-5,16H,6H2,1-3H3. The summed E-state index contributed by atoms with van der Waals surface area (Å²) >= 11 is 2.84. The first-order valence-electron chi connectivity index (χ1n) is 5.28. The smallest absolute Gasteiger partial charge is 0.247 e. The fourth-order valence-corrected chi connectivity index (χ4v) is 3.95. The zero-order valence-corrected chi connectivity index (χ0v) is 13.0. The van der Waals surface area contributed by atoms with E-state index < -0.39 is 38.7 Å². The number of hydrogen-bond acceptors (Lipinski definition) is 3. The van der Waals surface area contributed by atoms with E-state index in [9.17, 15) is 22.3 Å². The topological polar surface area (TPSA) is 57.6 Å². The highest BCUT2D eigenvalue weighted by Crippen LogP contribution is 2.31. The molecule has 0 aliphatic carbocycles. The molecular formula is C11H14BrF2NO3S. The first-order chi connectivity index (χ1) is 8.54. The number of aliphatic hydroxyl groups excluding tert-OH is 1. The summed E-state index contributed by atoms with van der Waals surface area (Å²) in [4.78, 5) is -0.655. The number of rotatable bonds is 4. The molecule has 0 spiro atoms. The Morgan fingerprint density at radius 3 is 2.32 bits per heavy atom. The average Bonchev–Trinajstić information content (AvgIpc) is 2.26. The lowest BCUT2D eigenvalue weighted by atomic mass is 10.1. The van der Waals surface area contributed by atoms with Crippen molar-refractivity contribution < 1.29 is 22.3 Å². The molecular weight excluding hydrogens is 344 g/mol. The number of hydrogen-bond donors (Lipinski definition) is 1. The number of nitrogens with zero attached hydrogens (tertiary/aromatic N) is 1. The maximum Gasteiger partial charge on any atom is 0.247 e. The Labute approximate surface area is 119 Å². The highest BCUT2D eigenvalue weighted by atomic mass is 79.9. The summed E-state index contributed by atoms with van der Waals surface area (Å²) in [5, 5.41) is 9.19. The predicted octanol–water partition coefficient (Wildman–Crippen LogP) is 2.12. The minimum Gasteiger partial charge on any atom is -0.394 e. The maximum absolute atomic E-state index is 13.7. The Bertz CT molecular complexity index is 567. The van der Waals surface area contributed by atoms with E-state index in [0.29, 0.717) is 6.07 Å². The molecule has 1 N–H and O–H groups in total. The second kappa shape index (κ2) is 5.43. The van der Waals surface area contributed by atoms with E-state index in [1.54, 1.807) is 0 Å². The van der Waals surface area contributed by atoms with Crippen molar-refractivity contribution in [1.29, 1.82) is 0 Å². The Balaban J connectivity index is 3.45. The van der Waals surface area contributed by atoms with Crippen molar-refractivity contribution in [1.82, 2.24) is 4.31 Å². The van der Waals surface area contributed by atoms with Gasteiger partial charge in [-0.1, -0.05) is 0 Å². The van der Waals surface area contributed by atoms with E-state index in [0.717, 1.165) is 10.4 Å². The molecule has 1 aromatic rings. The minimum absolute atomic E-state index is 0.203. The van der Waals surface area contributed by atoms with Gasteiger partial charge in [0.05, 0.1) is 12.1 Å². The molecule has 0 bridgehead atoms. The Hall–Kier alpha value is -0.570. The first kappa shape index (κ1) is 16.5. The lowest BCUT2D eigenvalue weighted by molar-refractivity contribution is 0.137. The number of halogens is 3. The van der Waals surface area contributed by atoms with Gasteiger partial charge in [-0.25, -0.2) is 17.2 Å². The van der Waals surface area contributed by atoms with E-state index in [1.165, 1.54) is 20.9 Å². The van der Waals surface area contributed by atoms with Crippen LogP contribution in [0.2, 0.25) is 0 Å². The van der Waals surface area contributed by atoms with Gasteiger partial charge in [-0.2, -0.15) is 4.31 Å². The van der Waals surface area contributed by atoms with Crippen molar-refractivity contribution in [3.05, 3.63) is 28.2 Å². The normalized spacial score (nSPS) is 13.1. The summed E-state index contributed by atoms with van der Waals surface area (Å²) in [6, 6.07) is 1.37. The Morgan fingerprint density at radius 2 is 1.89 bits per heavy atom. The molecule has 0 fully saturated rings. The number of likely N-dealkylation sites (N-methyl/N-ethyl adjacent to an activating group) is 1. The van der Waals surface area contributed by atoms with Crippen LogP contribution in [0.15, 0.2) is 21.5 Å². The van der Waals surface area contributed by atoms with Gasteiger partial charge in [0.25, 0.3) is 0 Å². The Morgan fingerprint density at radius 1 is 1.37 bits per heavy atom. The van der Waals surface area contributed by atoms with E-state index >= 15 is 0 Å². The number of benzene rings is 1. The molecule has 0 saturated heterocycles. The van der Waals surface area contributed by atoms with Crippen molar-refractivity contribution in [3.63, 3.8) is 0 Å². The van der Waals surface area contributed by atoms with Gasteiger partial charge >= 0.3 is 0 Å². The van der Waals surface area contributed by atoms with Crippen molar-refractivity contribution in [2.24, 2.45) is 0 Å². The summed E-state index contributed by atoms with van der Waals surface area (Å²) in [7, 11) is -2.98. The van der Waals surface area contributed by atoms with Crippen LogP contribution in [0.3, 0.4) is 0 Å². The van der Waals surface area contributed by atoms with Crippen LogP contribution in [0, 0.1) is 11.6 Å². The SMILES string of the molecule is CN(C(C)(C)CO)S(=O)(=O)c1c(F)cc(F)cc1Br. The summed E-state index contributed by atoms with van der Waals surface area (Å²) in [5.41, 5.74) is -1.11. The zero-order chi connectivity index (χ0) is 15.0. The third kappa shape index (κ3) is 3.13. The van der Waals surface area contributed by atoms with Crippen LogP contribution in [0.5, 0.6) is 0 Å². The summed E-state index contributed by atoms with van der Waals surface area (Å²) < 4.78 is 52.0. The third-order valence-corrected chi connectivity index (χ3v) is 5.85. The quantitative estimate of drug-likeness (QED) is 0.897. The van der Waals surface area contributed by atoms with Crippen LogP contribution in [-0.2, 0) is 10.0 Å². The maximum atomic E-state index is 13.7. The molecule has 0 radical (unpaired) electrons. The molecule has 0 atom stereocenters. The van der Waals surface area contributed by atoms with E-state index in [2.05, 4.69) is 15.9 Å². The van der Waals surface area contributed by atoms with Crippen LogP contribution in [0.25, 0.3) is 0 Å². The van der Waals surface area contributed by atoms with Gasteiger partial charge in [-0.05, 0) is 35.8 Å². The van der Waals surface area contributed by atoms with Crippen molar-refractivity contribution in [3.8, 4) is 0 Å². The molecule has 108 valence electrons. The lowest BCUT2D eigenvalue weighted by Crippen LogP contribution is -2.47.